The van der Waals surface area contributed by atoms with Crippen LogP contribution in [0.2, 0.25) is 0 Å². The Labute approximate surface area is 93.5 Å². The lowest BCUT2D eigenvalue weighted by molar-refractivity contribution is 0.265. The van der Waals surface area contributed by atoms with Crippen LogP contribution >= 0.6 is 0 Å². The van der Waals surface area contributed by atoms with E-state index in [1.165, 1.54) is 5.56 Å². The molecule has 0 amide bonds. The van der Waals surface area contributed by atoms with E-state index in [1.54, 1.807) is 0 Å². The third kappa shape index (κ3) is 3.58. The molecule has 0 aliphatic carbocycles. The Balaban J connectivity index is 2.87. The van der Waals surface area contributed by atoms with Crippen LogP contribution in [0.15, 0.2) is 24.3 Å². The summed E-state index contributed by atoms with van der Waals surface area (Å²) in [5.41, 5.74) is 1.43. The molecule has 0 aliphatic rings. The topological polar surface area (TPSA) is 9.23 Å². The predicted octanol–water partition coefficient (Wildman–Crippen LogP) is 4.02. The van der Waals surface area contributed by atoms with Crippen molar-refractivity contribution in [2.24, 2.45) is 5.92 Å². The zero-order valence-electron chi connectivity index (χ0n) is 10.5. The number of hydrogen-bond donors (Lipinski definition) is 0. The first-order valence-electron chi connectivity index (χ1n) is 5.63. The van der Waals surface area contributed by atoms with Gasteiger partial charge in [-0.3, -0.25) is 0 Å². The summed E-state index contributed by atoms with van der Waals surface area (Å²) in [6.45, 7) is 11.8. The zero-order valence-corrected chi connectivity index (χ0v) is 10.5. The minimum atomic E-state index is 0.146. The molecular weight excluding hydrogens is 184 g/mol. The standard InChI is InChI=1S/C14H22O/c1-11(2)10-15-13-9-7-6-8-12(13)14(3,4)5/h6-9,11H,10H2,1-5H3. The van der Waals surface area contributed by atoms with Gasteiger partial charge in [0.1, 0.15) is 5.75 Å². The maximum absolute atomic E-state index is 5.83. The molecule has 15 heavy (non-hydrogen) atoms. The first-order chi connectivity index (χ1) is 6.91. The van der Waals surface area contributed by atoms with E-state index in [9.17, 15) is 0 Å². The van der Waals surface area contributed by atoms with E-state index < -0.39 is 0 Å². The van der Waals surface area contributed by atoms with Gasteiger partial charge in [0.05, 0.1) is 6.61 Å². The highest BCUT2D eigenvalue weighted by molar-refractivity contribution is 5.38. The molecule has 1 nitrogen and oxygen atoms in total. The smallest absolute Gasteiger partial charge is 0.123 e. The van der Waals surface area contributed by atoms with Gasteiger partial charge in [0.15, 0.2) is 0 Å². The van der Waals surface area contributed by atoms with Crippen LogP contribution in [0.25, 0.3) is 0 Å². The van der Waals surface area contributed by atoms with E-state index in [0.29, 0.717) is 5.92 Å². The van der Waals surface area contributed by atoms with Gasteiger partial charge < -0.3 is 4.74 Å². The average Bonchev–Trinajstić information content (AvgIpc) is 2.13. The Kier molecular flexibility index (Phi) is 3.78. The van der Waals surface area contributed by atoms with E-state index >= 15 is 0 Å². The Morgan fingerprint density at radius 3 is 2.27 bits per heavy atom. The maximum Gasteiger partial charge on any atom is 0.123 e. The largest absolute Gasteiger partial charge is 0.493 e. The van der Waals surface area contributed by atoms with Crippen molar-refractivity contribution in [1.29, 1.82) is 0 Å². The van der Waals surface area contributed by atoms with Crippen molar-refractivity contribution in [1.82, 2.24) is 0 Å². The maximum atomic E-state index is 5.83. The van der Waals surface area contributed by atoms with Crippen molar-refractivity contribution in [3.05, 3.63) is 29.8 Å². The molecule has 0 aromatic heterocycles. The molecule has 0 spiro atoms. The SMILES string of the molecule is CC(C)COc1ccccc1C(C)(C)C. The summed E-state index contributed by atoms with van der Waals surface area (Å²) in [6, 6.07) is 8.31. The van der Waals surface area contributed by atoms with E-state index in [4.69, 9.17) is 4.74 Å². The molecule has 1 aromatic rings. The van der Waals surface area contributed by atoms with E-state index in [1.807, 2.05) is 6.07 Å². The highest BCUT2D eigenvalue weighted by atomic mass is 16.5. The number of rotatable bonds is 3. The quantitative estimate of drug-likeness (QED) is 0.726. The summed E-state index contributed by atoms with van der Waals surface area (Å²) in [4.78, 5) is 0. The molecule has 0 saturated carbocycles. The summed E-state index contributed by atoms with van der Waals surface area (Å²) in [5.74, 6) is 1.59. The van der Waals surface area contributed by atoms with E-state index in [2.05, 4.69) is 52.8 Å². The molecule has 0 unspecified atom stereocenters. The van der Waals surface area contributed by atoms with Crippen molar-refractivity contribution in [2.45, 2.75) is 40.0 Å². The normalized spacial score (nSPS) is 11.9. The third-order valence-corrected chi connectivity index (χ3v) is 2.27. The second kappa shape index (κ2) is 4.69. The molecule has 0 radical (unpaired) electrons. The minimum absolute atomic E-state index is 0.146. The van der Waals surface area contributed by atoms with Gasteiger partial charge in [0.2, 0.25) is 0 Å². The second-order valence-electron chi connectivity index (χ2n) is 5.45. The summed E-state index contributed by atoms with van der Waals surface area (Å²) >= 11 is 0. The first kappa shape index (κ1) is 12.1. The molecule has 1 aromatic carbocycles. The van der Waals surface area contributed by atoms with Gasteiger partial charge in [0, 0.05) is 0 Å². The molecule has 0 atom stereocenters. The van der Waals surface area contributed by atoms with Gasteiger partial charge in [-0.2, -0.15) is 0 Å². The second-order valence-corrected chi connectivity index (χ2v) is 5.45. The lowest BCUT2D eigenvalue weighted by Gasteiger charge is -2.23. The highest BCUT2D eigenvalue weighted by Crippen LogP contribution is 2.31. The van der Waals surface area contributed by atoms with Gasteiger partial charge in [-0.05, 0) is 23.0 Å². The van der Waals surface area contributed by atoms with Crippen LogP contribution in [0.1, 0.15) is 40.2 Å². The summed E-state index contributed by atoms with van der Waals surface area (Å²) in [7, 11) is 0. The van der Waals surface area contributed by atoms with Gasteiger partial charge in [-0.25, -0.2) is 0 Å². The lowest BCUT2D eigenvalue weighted by atomic mass is 9.86. The number of hydrogen-bond acceptors (Lipinski definition) is 1. The van der Waals surface area contributed by atoms with Gasteiger partial charge in [-0.15, -0.1) is 0 Å². The number of para-hydroxylation sites is 1. The molecule has 0 aliphatic heterocycles. The van der Waals surface area contributed by atoms with Gasteiger partial charge in [-0.1, -0.05) is 52.8 Å². The fraction of sp³-hybridized carbons (Fsp3) is 0.571. The summed E-state index contributed by atoms with van der Waals surface area (Å²) < 4.78 is 5.83. The Morgan fingerprint density at radius 2 is 1.73 bits per heavy atom. The fourth-order valence-electron chi connectivity index (χ4n) is 1.47. The van der Waals surface area contributed by atoms with Crippen molar-refractivity contribution in [2.75, 3.05) is 6.61 Å². The Bertz CT molecular complexity index is 307. The minimum Gasteiger partial charge on any atom is -0.493 e. The zero-order chi connectivity index (χ0) is 11.5. The first-order valence-corrected chi connectivity index (χ1v) is 5.63. The predicted molar refractivity (Wildman–Crippen MR) is 65.5 cm³/mol. The molecule has 0 N–H and O–H groups in total. The molecule has 0 saturated heterocycles. The van der Waals surface area contributed by atoms with Crippen LogP contribution in [-0.4, -0.2) is 6.61 Å². The van der Waals surface area contributed by atoms with Crippen LogP contribution in [0.5, 0.6) is 5.75 Å². The van der Waals surface area contributed by atoms with Crippen molar-refractivity contribution >= 4 is 0 Å². The van der Waals surface area contributed by atoms with Gasteiger partial charge in [0.25, 0.3) is 0 Å². The van der Waals surface area contributed by atoms with Crippen molar-refractivity contribution < 1.29 is 4.74 Å². The van der Waals surface area contributed by atoms with Crippen molar-refractivity contribution in [3.63, 3.8) is 0 Å². The van der Waals surface area contributed by atoms with E-state index in [0.717, 1.165) is 12.4 Å². The lowest BCUT2D eigenvalue weighted by Crippen LogP contribution is -2.14. The Morgan fingerprint density at radius 1 is 1.13 bits per heavy atom. The monoisotopic (exact) mass is 206 g/mol. The summed E-state index contributed by atoms with van der Waals surface area (Å²) in [5, 5.41) is 0. The van der Waals surface area contributed by atoms with Crippen LogP contribution in [0.3, 0.4) is 0 Å². The molecule has 84 valence electrons. The Hall–Kier alpha value is -0.980. The highest BCUT2D eigenvalue weighted by Gasteiger charge is 2.18. The molecule has 1 rings (SSSR count). The van der Waals surface area contributed by atoms with Crippen LogP contribution < -0.4 is 4.74 Å². The van der Waals surface area contributed by atoms with E-state index in [-0.39, 0.29) is 5.41 Å². The van der Waals surface area contributed by atoms with Crippen LogP contribution in [0, 0.1) is 5.92 Å². The molecular formula is C14H22O. The molecule has 0 heterocycles. The van der Waals surface area contributed by atoms with Crippen molar-refractivity contribution in [3.8, 4) is 5.75 Å². The molecule has 0 bridgehead atoms. The molecule has 1 heteroatoms. The third-order valence-electron chi connectivity index (χ3n) is 2.27. The van der Waals surface area contributed by atoms with Crippen LogP contribution in [0.4, 0.5) is 0 Å². The number of ether oxygens (including phenoxy) is 1. The van der Waals surface area contributed by atoms with Gasteiger partial charge >= 0.3 is 0 Å². The average molecular weight is 206 g/mol. The number of benzene rings is 1. The fourth-order valence-corrected chi connectivity index (χ4v) is 1.47. The molecule has 0 fully saturated rings. The summed E-state index contributed by atoms with van der Waals surface area (Å²) in [6.07, 6.45) is 0. The van der Waals surface area contributed by atoms with Crippen LogP contribution in [-0.2, 0) is 5.41 Å².